The van der Waals surface area contributed by atoms with E-state index in [0.29, 0.717) is 5.92 Å². The van der Waals surface area contributed by atoms with E-state index in [-0.39, 0.29) is 48.9 Å². The van der Waals surface area contributed by atoms with Crippen LogP contribution in [0.2, 0.25) is 25.2 Å². The van der Waals surface area contributed by atoms with Gasteiger partial charge in [0.15, 0.2) is 5.78 Å². The minimum Gasteiger partial charge on any atom is -0.512 e. The molecule has 6 heteroatoms. The van der Waals surface area contributed by atoms with Crippen LogP contribution in [0.3, 0.4) is 0 Å². The summed E-state index contributed by atoms with van der Waals surface area (Å²) in [6, 6.07) is 26.8. The predicted octanol–water partition coefficient (Wildman–Crippen LogP) is 13.8. The molecule has 3 nitrogen and oxygen atoms in total. The molecule has 3 aromatic carbocycles. The second kappa shape index (κ2) is 17.5. The molecular weight excluding hydrogens is 839 g/mol. The Hall–Kier alpha value is -2.63. The molecular formula is C45H58IrNO2SSi-. The standard InChI is InChI=1S/C32H34NSSi.C13H24O2.Ir/c1-32(2,3)28-20-23(19-22-9-6-7-10-24(22)28)29-31-27(13-16-33-29)26-12-8-11-25(30(26)34-31)21-14-17-35(4,5)18-15-21;1-5-10(6-2)12(14)9-13(15)11(7-3)8-4;/h6-13,16,20-21H,14-15,17-18H2,1-5H3;9-11,14H,5-8H2,1-4H3;/q-1;;/b;12-9-;. The summed E-state index contributed by atoms with van der Waals surface area (Å²) in [5.41, 5.74) is 5.15. The number of rotatable bonds is 9. The summed E-state index contributed by atoms with van der Waals surface area (Å²) in [5, 5.41) is 14.9. The van der Waals surface area contributed by atoms with Gasteiger partial charge >= 0.3 is 0 Å². The zero-order valence-corrected chi connectivity index (χ0v) is 36.5. The normalized spacial score (nSPS) is 15.3. The topological polar surface area (TPSA) is 50.2 Å². The molecule has 0 atom stereocenters. The molecule has 1 aliphatic heterocycles. The van der Waals surface area contributed by atoms with Crippen LogP contribution < -0.4 is 0 Å². The quantitative estimate of drug-likeness (QED) is 0.0694. The van der Waals surface area contributed by atoms with E-state index in [0.717, 1.165) is 36.9 Å². The number of aromatic nitrogens is 1. The van der Waals surface area contributed by atoms with Gasteiger partial charge in [-0.05, 0) is 66.9 Å². The van der Waals surface area contributed by atoms with Gasteiger partial charge in [0.1, 0.15) is 0 Å². The first-order chi connectivity index (χ1) is 23.8. The van der Waals surface area contributed by atoms with E-state index in [1.54, 1.807) is 5.56 Å². The third-order valence-corrected chi connectivity index (χ3v) is 15.7. The molecule has 2 aromatic heterocycles. The fourth-order valence-corrected chi connectivity index (χ4v) is 11.6. The Morgan fingerprint density at radius 3 is 2.14 bits per heavy atom. The summed E-state index contributed by atoms with van der Waals surface area (Å²) in [6.45, 7) is 20.1. The second-order valence-corrected chi connectivity index (χ2v) is 22.5. The van der Waals surface area contributed by atoms with Crippen LogP contribution in [0.25, 0.3) is 42.2 Å². The van der Waals surface area contributed by atoms with Crippen LogP contribution in [-0.2, 0) is 30.3 Å². The minimum atomic E-state index is -0.972. The maximum absolute atomic E-state index is 11.7. The van der Waals surface area contributed by atoms with Gasteiger partial charge in [-0.3, -0.25) is 9.78 Å². The van der Waals surface area contributed by atoms with Crippen molar-refractivity contribution >= 4 is 56.1 Å². The van der Waals surface area contributed by atoms with Gasteiger partial charge < -0.3 is 5.11 Å². The Kier molecular flexibility index (Phi) is 14.1. The molecule has 0 saturated carbocycles. The molecule has 0 unspecified atom stereocenters. The molecule has 3 heterocycles. The number of ketones is 1. The van der Waals surface area contributed by atoms with Crippen molar-refractivity contribution in [3.05, 3.63) is 89.8 Å². The van der Waals surface area contributed by atoms with E-state index < -0.39 is 8.07 Å². The first kappa shape index (κ1) is 41.1. The molecule has 0 bridgehead atoms. The van der Waals surface area contributed by atoms with Gasteiger partial charge in [0.05, 0.1) is 5.76 Å². The van der Waals surface area contributed by atoms with Crippen molar-refractivity contribution in [1.82, 2.24) is 4.98 Å². The van der Waals surface area contributed by atoms with Gasteiger partial charge in [0.25, 0.3) is 0 Å². The van der Waals surface area contributed by atoms with Gasteiger partial charge in [-0.1, -0.05) is 121 Å². The Balaban J connectivity index is 0.000000312. The maximum atomic E-state index is 11.7. The van der Waals surface area contributed by atoms with Crippen LogP contribution in [-0.4, -0.2) is 23.9 Å². The summed E-state index contributed by atoms with van der Waals surface area (Å²) < 4.78 is 2.77. The van der Waals surface area contributed by atoms with Crippen LogP contribution in [0.4, 0.5) is 0 Å². The second-order valence-electron chi connectivity index (χ2n) is 16.2. The average Bonchev–Trinajstić information content (AvgIpc) is 3.48. The molecule has 1 N–H and O–H groups in total. The van der Waals surface area contributed by atoms with Crippen LogP contribution >= 0.6 is 11.3 Å². The Morgan fingerprint density at radius 1 is 0.902 bits per heavy atom. The molecule has 5 aromatic rings. The SMILES string of the molecule is CC(C)(C)c1cc(-c2nccc3c2sc2c(C4CC[Si](C)(C)CC4)cccc23)[c-]c2ccccc12.CCC(CC)C(=O)/C=C(\O)C(CC)CC.[Ir]. The number of hydrogen-bond donors (Lipinski definition) is 1. The van der Waals surface area contributed by atoms with E-state index in [1.807, 2.05) is 45.2 Å². The van der Waals surface area contributed by atoms with E-state index in [4.69, 9.17) is 4.98 Å². The van der Waals surface area contributed by atoms with Crippen molar-refractivity contribution in [3.8, 4) is 11.3 Å². The van der Waals surface area contributed by atoms with Crippen molar-refractivity contribution in [2.45, 2.75) is 124 Å². The molecule has 1 fully saturated rings. The molecule has 0 amide bonds. The van der Waals surface area contributed by atoms with Crippen LogP contribution in [0.1, 0.15) is 104 Å². The number of nitrogens with zero attached hydrogens (tertiary/aromatic N) is 1. The molecule has 51 heavy (non-hydrogen) atoms. The monoisotopic (exact) mass is 897 g/mol. The van der Waals surface area contributed by atoms with Gasteiger partial charge in [0, 0.05) is 72.8 Å². The van der Waals surface area contributed by atoms with E-state index >= 15 is 0 Å². The summed E-state index contributed by atoms with van der Waals surface area (Å²) in [5.74, 6) is 1.24. The first-order valence-electron chi connectivity index (χ1n) is 19.0. The zero-order chi connectivity index (χ0) is 36.2. The number of fused-ring (bicyclic) bond motifs is 4. The number of aliphatic hydroxyl groups is 1. The molecule has 0 aliphatic carbocycles. The molecule has 1 saturated heterocycles. The number of thiophene rings is 1. The van der Waals surface area contributed by atoms with Crippen molar-refractivity contribution in [2.24, 2.45) is 11.8 Å². The number of carbonyl (C=O) groups is 1. The third kappa shape index (κ3) is 9.30. The molecule has 0 spiro atoms. The summed E-state index contributed by atoms with van der Waals surface area (Å²) >= 11 is 1.95. The van der Waals surface area contributed by atoms with Gasteiger partial charge in [-0.2, -0.15) is 0 Å². The van der Waals surface area contributed by atoms with E-state index in [1.165, 1.54) is 67.5 Å². The summed E-state index contributed by atoms with van der Waals surface area (Å²) in [6.07, 6.45) is 9.60. The number of hydrogen-bond acceptors (Lipinski definition) is 4. The number of benzene rings is 3. The Labute approximate surface area is 325 Å². The fourth-order valence-electron chi connectivity index (χ4n) is 7.73. The molecule has 1 aliphatic rings. The Bertz CT molecular complexity index is 1970. The molecule has 275 valence electrons. The smallest absolute Gasteiger partial charge is 0.162 e. The average molecular weight is 897 g/mol. The fraction of sp³-hybridized carbons (Fsp3) is 0.467. The first-order valence-corrected chi connectivity index (χ1v) is 23.2. The van der Waals surface area contributed by atoms with Gasteiger partial charge in [-0.15, -0.1) is 40.5 Å². The van der Waals surface area contributed by atoms with Crippen LogP contribution in [0, 0.1) is 17.9 Å². The van der Waals surface area contributed by atoms with Gasteiger partial charge in [-0.25, -0.2) is 0 Å². The number of pyridine rings is 1. The Morgan fingerprint density at radius 2 is 1.51 bits per heavy atom. The van der Waals surface area contributed by atoms with E-state index in [2.05, 4.69) is 94.5 Å². The molecule has 6 rings (SSSR count). The zero-order valence-electron chi connectivity index (χ0n) is 32.3. The maximum Gasteiger partial charge on any atom is 0.162 e. The van der Waals surface area contributed by atoms with Crippen molar-refractivity contribution in [1.29, 1.82) is 0 Å². The number of carbonyl (C=O) groups excluding carboxylic acids is 1. The third-order valence-electron chi connectivity index (χ3n) is 11.1. The van der Waals surface area contributed by atoms with Crippen molar-refractivity contribution in [2.75, 3.05) is 0 Å². The summed E-state index contributed by atoms with van der Waals surface area (Å²) in [4.78, 5) is 16.7. The summed E-state index contributed by atoms with van der Waals surface area (Å²) in [7, 11) is -0.972. The largest absolute Gasteiger partial charge is 0.512 e. The van der Waals surface area contributed by atoms with Crippen molar-refractivity contribution in [3.63, 3.8) is 0 Å². The van der Waals surface area contributed by atoms with Gasteiger partial charge in [0.2, 0.25) is 0 Å². The van der Waals surface area contributed by atoms with E-state index in [9.17, 15) is 9.90 Å². The predicted molar refractivity (Wildman–Crippen MR) is 221 cm³/mol. The van der Waals surface area contributed by atoms with Crippen LogP contribution in [0.5, 0.6) is 0 Å². The minimum absolute atomic E-state index is 0. The number of aliphatic hydroxyl groups excluding tert-OH is 1. The van der Waals surface area contributed by atoms with Crippen LogP contribution in [0.15, 0.2) is 72.6 Å². The molecule has 1 radical (unpaired) electrons. The van der Waals surface area contributed by atoms with Crippen molar-refractivity contribution < 1.29 is 30.0 Å². The number of allylic oxidation sites excluding steroid dienone is 2.